The van der Waals surface area contributed by atoms with E-state index in [2.05, 4.69) is 9.97 Å². The molecule has 0 aliphatic rings. The third-order valence-corrected chi connectivity index (χ3v) is 3.40. The Hall–Kier alpha value is -2.08. The van der Waals surface area contributed by atoms with Crippen LogP contribution in [-0.2, 0) is 6.42 Å². The summed E-state index contributed by atoms with van der Waals surface area (Å²) in [6.07, 6.45) is 0.444. The van der Waals surface area contributed by atoms with Crippen LogP contribution in [0.2, 0.25) is 0 Å². The molecule has 0 aliphatic heterocycles. The number of hydrogen-bond acceptors (Lipinski definition) is 4. The van der Waals surface area contributed by atoms with E-state index in [9.17, 15) is 4.79 Å². The molecule has 2 rings (SSSR count). The molecule has 1 aromatic carbocycles. The molecule has 0 atom stereocenters. The molecule has 6 heteroatoms. The second-order valence-corrected chi connectivity index (χ2v) is 4.98. The molecule has 1 aromatic heterocycles. The molecular weight excluding hydrogens is 288 g/mol. The van der Waals surface area contributed by atoms with Crippen LogP contribution in [-0.4, -0.2) is 23.7 Å². The fourth-order valence-electron chi connectivity index (χ4n) is 2.20. The van der Waals surface area contributed by atoms with Crippen molar-refractivity contribution in [3.8, 4) is 11.5 Å². The first-order valence-corrected chi connectivity index (χ1v) is 7.08. The average molecular weight is 306 g/mol. The van der Waals surface area contributed by atoms with Gasteiger partial charge in [-0.25, -0.2) is 0 Å². The van der Waals surface area contributed by atoms with Gasteiger partial charge >= 0.3 is 0 Å². The molecule has 2 aromatic rings. The van der Waals surface area contributed by atoms with Gasteiger partial charge < -0.3 is 14.5 Å². The van der Waals surface area contributed by atoms with Crippen molar-refractivity contribution in [1.82, 2.24) is 9.97 Å². The van der Waals surface area contributed by atoms with Crippen molar-refractivity contribution in [3.63, 3.8) is 0 Å². The summed E-state index contributed by atoms with van der Waals surface area (Å²) < 4.78 is 11.3. The number of H-pyrrole nitrogens is 2. The molecule has 5 nitrogen and oxygen atoms in total. The fraction of sp³-hybridized carbons (Fsp3) is 0.333. The lowest BCUT2D eigenvalue weighted by Crippen LogP contribution is -2.17. The van der Waals surface area contributed by atoms with E-state index in [4.69, 9.17) is 21.7 Å². The summed E-state index contributed by atoms with van der Waals surface area (Å²) in [5.74, 6) is 1.33. The van der Waals surface area contributed by atoms with Crippen LogP contribution >= 0.6 is 12.2 Å². The SMILES string of the molecule is CCOc1c(Cc2c(C)[nH]c(=S)[nH]c2=O)cccc1OC. The number of hydrogen-bond donors (Lipinski definition) is 2. The van der Waals surface area contributed by atoms with Crippen molar-refractivity contribution in [2.45, 2.75) is 20.3 Å². The predicted octanol–water partition coefficient (Wildman–Crippen LogP) is 2.74. The summed E-state index contributed by atoms with van der Waals surface area (Å²) in [5, 5.41) is 0. The van der Waals surface area contributed by atoms with Gasteiger partial charge in [-0.05, 0) is 32.1 Å². The van der Waals surface area contributed by atoms with Crippen LogP contribution in [0.3, 0.4) is 0 Å². The van der Waals surface area contributed by atoms with Gasteiger partial charge in [0.05, 0.1) is 13.7 Å². The van der Waals surface area contributed by atoms with Gasteiger partial charge in [-0.3, -0.25) is 9.78 Å². The number of benzene rings is 1. The van der Waals surface area contributed by atoms with Gasteiger partial charge in [0.25, 0.3) is 5.56 Å². The van der Waals surface area contributed by atoms with E-state index >= 15 is 0 Å². The lowest BCUT2D eigenvalue weighted by Gasteiger charge is -2.14. The van der Waals surface area contributed by atoms with Crippen LogP contribution in [0.25, 0.3) is 0 Å². The maximum absolute atomic E-state index is 12.1. The van der Waals surface area contributed by atoms with Gasteiger partial charge in [0.2, 0.25) is 0 Å². The van der Waals surface area contributed by atoms with Crippen molar-refractivity contribution in [3.05, 3.63) is 50.1 Å². The topological polar surface area (TPSA) is 67.1 Å². The van der Waals surface area contributed by atoms with Crippen LogP contribution in [0.5, 0.6) is 11.5 Å². The van der Waals surface area contributed by atoms with E-state index in [1.807, 2.05) is 32.0 Å². The molecule has 0 unspecified atom stereocenters. The van der Waals surface area contributed by atoms with Crippen molar-refractivity contribution in [1.29, 1.82) is 0 Å². The predicted molar refractivity (Wildman–Crippen MR) is 84.0 cm³/mol. The largest absolute Gasteiger partial charge is 0.493 e. The number of aromatic nitrogens is 2. The summed E-state index contributed by atoms with van der Waals surface area (Å²) in [5.41, 5.74) is 2.11. The Kier molecular flexibility index (Phi) is 4.80. The quantitative estimate of drug-likeness (QED) is 0.834. The zero-order chi connectivity index (χ0) is 15.4. The van der Waals surface area contributed by atoms with Crippen molar-refractivity contribution < 1.29 is 9.47 Å². The van der Waals surface area contributed by atoms with Crippen LogP contribution in [0.15, 0.2) is 23.0 Å². The highest BCUT2D eigenvalue weighted by atomic mass is 32.1. The molecule has 0 spiro atoms. The molecule has 112 valence electrons. The molecule has 0 bridgehead atoms. The van der Waals surface area contributed by atoms with Gasteiger partial charge in [-0.15, -0.1) is 0 Å². The molecular formula is C15H18N2O3S. The summed E-state index contributed by atoms with van der Waals surface area (Å²) in [4.78, 5) is 17.7. The molecule has 2 N–H and O–H groups in total. The van der Waals surface area contributed by atoms with Gasteiger partial charge in [0.1, 0.15) is 0 Å². The summed E-state index contributed by atoms with van der Waals surface area (Å²) in [6, 6.07) is 5.64. The zero-order valence-electron chi connectivity index (χ0n) is 12.3. The lowest BCUT2D eigenvalue weighted by molar-refractivity contribution is 0.308. The highest BCUT2D eigenvalue weighted by Gasteiger charge is 2.14. The Balaban J connectivity index is 2.49. The number of aromatic amines is 2. The Morgan fingerprint density at radius 2 is 2.05 bits per heavy atom. The Morgan fingerprint density at radius 1 is 1.29 bits per heavy atom. The van der Waals surface area contributed by atoms with Crippen LogP contribution in [0.1, 0.15) is 23.7 Å². The second kappa shape index (κ2) is 6.58. The molecule has 0 fully saturated rings. The Labute approximate surface area is 127 Å². The number of rotatable bonds is 5. The zero-order valence-corrected chi connectivity index (χ0v) is 13.1. The normalized spacial score (nSPS) is 10.4. The van der Waals surface area contributed by atoms with Crippen LogP contribution in [0, 0.1) is 11.7 Å². The summed E-state index contributed by atoms with van der Waals surface area (Å²) in [6.45, 7) is 4.27. The summed E-state index contributed by atoms with van der Waals surface area (Å²) in [7, 11) is 1.60. The number of nitrogens with one attached hydrogen (secondary N) is 2. The van der Waals surface area contributed by atoms with E-state index in [0.717, 1.165) is 11.3 Å². The first kappa shape index (κ1) is 15.3. The van der Waals surface area contributed by atoms with E-state index in [1.165, 1.54) is 0 Å². The molecule has 0 amide bonds. The molecule has 0 aliphatic carbocycles. The smallest absolute Gasteiger partial charge is 0.255 e. The van der Waals surface area contributed by atoms with Crippen molar-refractivity contribution in [2.75, 3.05) is 13.7 Å². The van der Waals surface area contributed by atoms with Gasteiger partial charge in [0.15, 0.2) is 16.3 Å². The van der Waals surface area contributed by atoms with Crippen molar-refractivity contribution in [2.24, 2.45) is 0 Å². The van der Waals surface area contributed by atoms with Crippen LogP contribution in [0.4, 0.5) is 0 Å². The van der Waals surface area contributed by atoms with Gasteiger partial charge in [0, 0.05) is 23.2 Å². The maximum atomic E-state index is 12.1. The van der Waals surface area contributed by atoms with E-state index in [0.29, 0.717) is 34.9 Å². The molecule has 1 heterocycles. The molecule has 0 saturated heterocycles. The van der Waals surface area contributed by atoms with Gasteiger partial charge in [-0.2, -0.15) is 0 Å². The van der Waals surface area contributed by atoms with Gasteiger partial charge in [-0.1, -0.05) is 12.1 Å². The first-order valence-electron chi connectivity index (χ1n) is 6.67. The third-order valence-electron chi connectivity index (χ3n) is 3.19. The minimum absolute atomic E-state index is 0.179. The molecule has 0 radical (unpaired) electrons. The lowest BCUT2D eigenvalue weighted by atomic mass is 10.0. The number of methoxy groups -OCH3 is 1. The minimum atomic E-state index is -0.179. The monoisotopic (exact) mass is 306 g/mol. The number of aryl methyl sites for hydroxylation is 1. The highest BCUT2D eigenvalue weighted by Crippen LogP contribution is 2.32. The van der Waals surface area contributed by atoms with Crippen LogP contribution < -0.4 is 15.0 Å². The van der Waals surface area contributed by atoms with E-state index < -0.39 is 0 Å². The van der Waals surface area contributed by atoms with Crippen molar-refractivity contribution >= 4 is 12.2 Å². The number of ether oxygens (including phenoxy) is 2. The van der Waals surface area contributed by atoms with E-state index in [1.54, 1.807) is 7.11 Å². The standard InChI is InChI=1S/C15H18N2O3S/c1-4-20-13-10(6-5-7-12(13)19-3)8-11-9(2)16-15(21)17-14(11)18/h5-7H,4,8H2,1-3H3,(H2,16,17,18,21). The third kappa shape index (κ3) is 3.33. The summed E-state index contributed by atoms with van der Waals surface area (Å²) >= 11 is 4.96. The Bertz CT molecular complexity index is 749. The maximum Gasteiger partial charge on any atom is 0.255 e. The molecule has 21 heavy (non-hydrogen) atoms. The minimum Gasteiger partial charge on any atom is -0.493 e. The highest BCUT2D eigenvalue weighted by molar-refractivity contribution is 7.71. The fourth-order valence-corrected chi connectivity index (χ4v) is 2.44. The molecule has 0 saturated carbocycles. The number of para-hydroxylation sites is 1. The average Bonchev–Trinajstić information content (AvgIpc) is 2.44. The van der Waals surface area contributed by atoms with E-state index in [-0.39, 0.29) is 5.56 Å². The second-order valence-electron chi connectivity index (χ2n) is 4.57. The Morgan fingerprint density at radius 3 is 2.67 bits per heavy atom. The first-order chi connectivity index (χ1) is 10.1.